The molecule has 1 aliphatic carbocycles. The number of hydrogen-bond acceptors (Lipinski definition) is 5. The number of halogens is 2. The number of ether oxygens (including phenoxy) is 3. The molecular weight excluding hydrogens is 389 g/mol. The van der Waals surface area contributed by atoms with Gasteiger partial charge in [-0.2, -0.15) is 0 Å². The van der Waals surface area contributed by atoms with Crippen LogP contribution in [-0.2, 0) is 11.2 Å². The number of hydrogen-bond donors (Lipinski definition) is 0. The number of rotatable bonds is 6. The zero-order chi connectivity index (χ0) is 18.8. The van der Waals surface area contributed by atoms with Gasteiger partial charge in [-0.25, -0.2) is 0 Å². The Morgan fingerprint density at radius 2 is 1.96 bits per heavy atom. The van der Waals surface area contributed by atoms with E-state index < -0.39 is 0 Å². The lowest BCUT2D eigenvalue weighted by molar-refractivity contribution is 0.0453. The van der Waals surface area contributed by atoms with Gasteiger partial charge < -0.3 is 18.7 Å². The Balaban J connectivity index is 1.47. The summed E-state index contributed by atoms with van der Waals surface area (Å²) < 4.78 is 21.5. The van der Waals surface area contributed by atoms with Crippen molar-refractivity contribution in [3.05, 3.63) is 63.6 Å². The molecule has 140 valence electrons. The average Bonchev–Trinajstić information content (AvgIpc) is 3.31. The van der Waals surface area contributed by atoms with E-state index in [1.54, 1.807) is 13.2 Å². The van der Waals surface area contributed by atoms with E-state index in [9.17, 15) is 0 Å². The van der Waals surface area contributed by atoms with Gasteiger partial charge in [0.15, 0.2) is 12.6 Å². The third kappa shape index (κ3) is 3.76. The monoisotopic (exact) mass is 405 g/mol. The minimum Gasteiger partial charge on any atom is -0.486 e. The molecule has 27 heavy (non-hydrogen) atoms. The summed E-state index contributed by atoms with van der Waals surface area (Å²) >= 11 is 12.4. The third-order valence-electron chi connectivity index (χ3n) is 4.47. The summed E-state index contributed by atoms with van der Waals surface area (Å²) in [5.74, 6) is 1.77. The van der Waals surface area contributed by atoms with Gasteiger partial charge in [0.1, 0.15) is 11.9 Å². The highest BCUT2D eigenvalue weighted by Gasteiger charge is 2.27. The Kier molecular flexibility index (Phi) is 5.25. The number of nitrogens with zero attached hydrogens (tertiary/aromatic N) is 1. The zero-order valence-corrected chi connectivity index (χ0v) is 16.1. The molecule has 5 nitrogen and oxygen atoms in total. The summed E-state index contributed by atoms with van der Waals surface area (Å²) in [6, 6.07) is 13.2. The Morgan fingerprint density at radius 1 is 1.15 bits per heavy atom. The molecule has 0 amide bonds. The molecule has 0 fully saturated rings. The van der Waals surface area contributed by atoms with Crippen molar-refractivity contribution in [1.29, 1.82) is 0 Å². The molecule has 0 bridgehead atoms. The largest absolute Gasteiger partial charge is 0.486 e. The fourth-order valence-electron chi connectivity index (χ4n) is 3.16. The standard InChI is InChI=1S/C20H17Cl2NO4/c1-24-11-25-19-10-18(27-23-19)12-2-4-13(5-3-12)26-17-9-7-15-14(17)6-8-16(21)20(15)22/h2-6,8,10,17H,7,9,11H2,1H3. The summed E-state index contributed by atoms with van der Waals surface area (Å²) in [5, 5.41) is 5.06. The minimum absolute atomic E-state index is 0.0278. The molecule has 4 rings (SSSR count). The second kappa shape index (κ2) is 7.80. The predicted octanol–water partition coefficient (Wildman–Crippen LogP) is 5.70. The zero-order valence-electron chi connectivity index (χ0n) is 14.6. The summed E-state index contributed by atoms with van der Waals surface area (Å²) in [5.41, 5.74) is 3.06. The lowest BCUT2D eigenvalue weighted by Crippen LogP contribution is -2.03. The fraction of sp³-hybridized carbons (Fsp3) is 0.250. The van der Waals surface area contributed by atoms with Crippen molar-refractivity contribution in [3.8, 4) is 23.0 Å². The van der Waals surface area contributed by atoms with Crippen LogP contribution in [0.25, 0.3) is 11.3 Å². The fourth-order valence-corrected chi connectivity index (χ4v) is 3.60. The number of methoxy groups -OCH3 is 1. The van der Waals surface area contributed by atoms with Gasteiger partial charge in [-0.15, -0.1) is 0 Å². The van der Waals surface area contributed by atoms with Gasteiger partial charge in [0, 0.05) is 18.7 Å². The van der Waals surface area contributed by atoms with Gasteiger partial charge in [0.25, 0.3) is 5.88 Å². The number of fused-ring (bicyclic) bond motifs is 1. The molecule has 3 aromatic rings. The molecule has 1 unspecified atom stereocenters. The maximum Gasteiger partial charge on any atom is 0.256 e. The molecule has 1 heterocycles. The van der Waals surface area contributed by atoms with E-state index in [2.05, 4.69) is 5.16 Å². The molecular formula is C20H17Cl2NO4. The summed E-state index contributed by atoms with van der Waals surface area (Å²) in [7, 11) is 1.55. The van der Waals surface area contributed by atoms with Crippen molar-refractivity contribution in [3.63, 3.8) is 0 Å². The van der Waals surface area contributed by atoms with Crippen LogP contribution in [0.4, 0.5) is 0 Å². The molecule has 0 radical (unpaired) electrons. The van der Waals surface area contributed by atoms with Crippen LogP contribution >= 0.6 is 23.2 Å². The summed E-state index contributed by atoms with van der Waals surface area (Å²) in [6.07, 6.45) is 1.71. The lowest BCUT2D eigenvalue weighted by atomic mass is 10.1. The Morgan fingerprint density at radius 3 is 2.74 bits per heavy atom. The van der Waals surface area contributed by atoms with Crippen LogP contribution in [-0.4, -0.2) is 19.1 Å². The van der Waals surface area contributed by atoms with E-state index >= 15 is 0 Å². The Hall–Kier alpha value is -2.21. The van der Waals surface area contributed by atoms with Crippen molar-refractivity contribution in [2.24, 2.45) is 0 Å². The second-order valence-corrected chi connectivity index (χ2v) is 6.96. The van der Waals surface area contributed by atoms with Crippen LogP contribution in [0.2, 0.25) is 10.0 Å². The van der Waals surface area contributed by atoms with E-state index in [0.717, 1.165) is 35.3 Å². The molecule has 7 heteroatoms. The number of aromatic nitrogens is 1. The van der Waals surface area contributed by atoms with Crippen molar-refractivity contribution < 1.29 is 18.7 Å². The Labute approximate surface area is 166 Å². The topological polar surface area (TPSA) is 53.7 Å². The first-order valence-corrected chi connectivity index (χ1v) is 9.23. The van der Waals surface area contributed by atoms with Crippen molar-refractivity contribution >= 4 is 23.2 Å². The minimum atomic E-state index is -0.0278. The second-order valence-electron chi connectivity index (χ2n) is 6.18. The molecule has 1 aromatic heterocycles. The highest BCUT2D eigenvalue weighted by molar-refractivity contribution is 6.42. The van der Waals surface area contributed by atoms with Gasteiger partial charge in [-0.3, -0.25) is 0 Å². The maximum atomic E-state index is 6.31. The highest BCUT2D eigenvalue weighted by Crippen LogP contribution is 2.41. The predicted molar refractivity (Wildman–Crippen MR) is 103 cm³/mol. The van der Waals surface area contributed by atoms with Crippen LogP contribution in [0.5, 0.6) is 11.6 Å². The van der Waals surface area contributed by atoms with E-state index in [0.29, 0.717) is 21.7 Å². The summed E-state index contributed by atoms with van der Waals surface area (Å²) in [4.78, 5) is 0. The molecule has 2 aromatic carbocycles. The molecule has 0 saturated carbocycles. The molecule has 1 atom stereocenters. The lowest BCUT2D eigenvalue weighted by Gasteiger charge is -2.15. The first-order chi connectivity index (χ1) is 13.2. The first-order valence-electron chi connectivity index (χ1n) is 8.48. The van der Waals surface area contributed by atoms with Gasteiger partial charge in [-0.1, -0.05) is 29.3 Å². The average molecular weight is 406 g/mol. The maximum absolute atomic E-state index is 6.31. The smallest absolute Gasteiger partial charge is 0.256 e. The third-order valence-corrected chi connectivity index (χ3v) is 5.31. The quantitative estimate of drug-likeness (QED) is 0.492. The van der Waals surface area contributed by atoms with Gasteiger partial charge in [-0.05, 0) is 59.5 Å². The van der Waals surface area contributed by atoms with Crippen LogP contribution in [0.15, 0.2) is 47.0 Å². The highest BCUT2D eigenvalue weighted by atomic mass is 35.5. The van der Waals surface area contributed by atoms with Crippen LogP contribution in [0.1, 0.15) is 23.7 Å². The molecule has 0 saturated heterocycles. The molecule has 0 N–H and O–H groups in total. The SMILES string of the molecule is COCOc1cc(-c2ccc(OC3CCc4c3ccc(Cl)c4Cl)cc2)on1. The molecule has 0 aliphatic heterocycles. The summed E-state index contributed by atoms with van der Waals surface area (Å²) in [6.45, 7) is 0.122. The van der Waals surface area contributed by atoms with Gasteiger partial charge in [0.05, 0.1) is 10.0 Å². The van der Waals surface area contributed by atoms with Crippen LogP contribution in [0, 0.1) is 0 Å². The van der Waals surface area contributed by atoms with Crippen LogP contribution in [0.3, 0.4) is 0 Å². The molecule has 1 aliphatic rings. The van der Waals surface area contributed by atoms with Gasteiger partial charge >= 0.3 is 0 Å². The van der Waals surface area contributed by atoms with E-state index in [1.165, 1.54) is 0 Å². The Bertz CT molecular complexity index is 940. The molecule has 0 spiro atoms. The van der Waals surface area contributed by atoms with Crippen LogP contribution < -0.4 is 9.47 Å². The normalized spacial score (nSPS) is 15.6. The van der Waals surface area contributed by atoms with E-state index in [4.69, 9.17) is 41.9 Å². The first kappa shape index (κ1) is 18.2. The van der Waals surface area contributed by atoms with Crippen molar-refractivity contribution in [2.75, 3.05) is 13.9 Å². The van der Waals surface area contributed by atoms with E-state index in [1.807, 2.05) is 36.4 Å². The van der Waals surface area contributed by atoms with E-state index in [-0.39, 0.29) is 12.9 Å². The van der Waals surface area contributed by atoms with Gasteiger partial charge in [0.2, 0.25) is 0 Å². The number of benzene rings is 2. The van der Waals surface area contributed by atoms with Crippen molar-refractivity contribution in [1.82, 2.24) is 5.16 Å². The van der Waals surface area contributed by atoms with Crippen molar-refractivity contribution in [2.45, 2.75) is 18.9 Å².